The number of pyridine rings is 1. The summed E-state index contributed by atoms with van der Waals surface area (Å²) < 4.78 is 0. The lowest BCUT2D eigenvalue weighted by molar-refractivity contribution is 0.206. The minimum Gasteiger partial charge on any atom is -0.317 e. The number of anilines is 1. The van der Waals surface area contributed by atoms with E-state index in [0.717, 1.165) is 24.1 Å². The van der Waals surface area contributed by atoms with Gasteiger partial charge in [-0.1, -0.05) is 0 Å². The van der Waals surface area contributed by atoms with Crippen LogP contribution in [-0.2, 0) is 6.54 Å². The molecule has 2 amide bonds. The van der Waals surface area contributed by atoms with E-state index in [2.05, 4.69) is 15.3 Å². The van der Waals surface area contributed by atoms with Crippen molar-refractivity contribution in [3.63, 3.8) is 0 Å². The van der Waals surface area contributed by atoms with Crippen LogP contribution in [0.3, 0.4) is 0 Å². The van der Waals surface area contributed by atoms with Crippen LogP contribution in [0.1, 0.15) is 24.1 Å². The third-order valence-electron chi connectivity index (χ3n) is 3.18. The van der Waals surface area contributed by atoms with Gasteiger partial charge in [0.15, 0.2) is 5.13 Å². The van der Waals surface area contributed by atoms with Gasteiger partial charge < -0.3 is 4.90 Å². The minimum absolute atomic E-state index is 0.0707. The van der Waals surface area contributed by atoms with Crippen LogP contribution in [0.5, 0.6) is 0 Å². The summed E-state index contributed by atoms with van der Waals surface area (Å²) in [5.41, 5.74) is 2.02. The van der Waals surface area contributed by atoms with Gasteiger partial charge in [-0.15, -0.1) is 11.3 Å². The Hall–Kier alpha value is -1.95. The topological polar surface area (TPSA) is 58.1 Å². The molecular weight excluding hydrogens is 272 g/mol. The third-order valence-corrected chi connectivity index (χ3v) is 4.06. The van der Waals surface area contributed by atoms with Gasteiger partial charge in [-0.05, 0) is 37.5 Å². The molecule has 2 aromatic heterocycles. The van der Waals surface area contributed by atoms with E-state index in [1.807, 2.05) is 29.3 Å². The Kier molecular flexibility index (Phi) is 3.64. The molecule has 1 N–H and O–H groups in total. The summed E-state index contributed by atoms with van der Waals surface area (Å²) >= 11 is 1.45. The van der Waals surface area contributed by atoms with E-state index in [1.54, 1.807) is 12.4 Å². The van der Waals surface area contributed by atoms with E-state index < -0.39 is 0 Å². The Labute approximate surface area is 121 Å². The smallest absolute Gasteiger partial charge is 0.317 e. The largest absolute Gasteiger partial charge is 0.324 e. The van der Waals surface area contributed by atoms with Crippen molar-refractivity contribution in [2.75, 3.05) is 5.32 Å². The van der Waals surface area contributed by atoms with E-state index in [1.165, 1.54) is 11.3 Å². The molecule has 3 rings (SSSR count). The summed E-state index contributed by atoms with van der Waals surface area (Å²) in [5.74, 6) is 0. The van der Waals surface area contributed by atoms with Crippen molar-refractivity contribution in [1.29, 1.82) is 0 Å². The van der Waals surface area contributed by atoms with E-state index in [-0.39, 0.29) is 6.03 Å². The Bertz CT molecular complexity index is 594. The van der Waals surface area contributed by atoms with Gasteiger partial charge in [0, 0.05) is 30.4 Å². The molecule has 0 bridgehead atoms. The third kappa shape index (κ3) is 3.14. The second-order valence-electron chi connectivity index (χ2n) is 4.94. The van der Waals surface area contributed by atoms with Crippen LogP contribution in [0.2, 0.25) is 0 Å². The highest BCUT2D eigenvalue weighted by atomic mass is 32.1. The minimum atomic E-state index is -0.0707. The highest BCUT2D eigenvalue weighted by molar-refractivity contribution is 7.13. The van der Waals surface area contributed by atoms with Crippen LogP contribution in [0.25, 0.3) is 0 Å². The molecular formula is C14H16N4OS. The Balaban J connectivity index is 1.69. The zero-order valence-corrected chi connectivity index (χ0v) is 12.1. The van der Waals surface area contributed by atoms with Crippen LogP contribution < -0.4 is 5.32 Å². The standard InChI is InChI=1S/C14H16N4OS/c1-10-9-20-13(16-10)17-14(19)18(12-2-3-12)8-11-4-6-15-7-5-11/h4-7,9,12H,2-3,8H2,1H3,(H,16,17,19). The van der Waals surface area contributed by atoms with Crippen molar-refractivity contribution in [2.24, 2.45) is 0 Å². The first-order chi connectivity index (χ1) is 9.72. The van der Waals surface area contributed by atoms with Gasteiger partial charge >= 0.3 is 6.03 Å². The summed E-state index contributed by atoms with van der Waals surface area (Å²) in [6, 6.07) is 4.16. The van der Waals surface area contributed by atoms with Gasteiger partial charge in [0.1, 0.15) is 0 Å². The number of thiazole rings is 1. The molecule has 0 aliphatic heterocycles. The van der Waals surface area contributed by atoms with Crippen molar-refractivity contribution in [1.82, 2.24) is 14.9 Å². The number of nitrogens with zero attached hydrogens (tertiary/aromatic N) is 3. The lowest BCUT2D eigenvalue weighted by Gasteiger charge is -2.22. The molecule has 1 fully saturated rings. The molecule has 1 aliphatic carbocycles. The normalized spacial score (nSPS) is 14.1. The number of amides is 2. The molecule has 0 spiro atoms. The number of carbonyl (C=O) groups excluding carboxylic acids is 1. The number of urea groups is 1. The molecule has 20 heavy (non-hydrogen) atoms. The van der Waals surface area contributed by atoms with Crippen LogP contribution in [0.15, 0.2) is 29.9 Å². The van der Waals surface area contributed by atoms with Crippen molar-refractivity contribution >= 4 is 22.5 Å². The maximum atomic E-state index is 12.4. The molecule has 2 aromatic rings. The van der Waals surface area contributed by atoms with Gasteiger partial charge in [-0.2, -0.15) is 0 Å². The van der Waals surface area contributed by atoms with Crippen molar-refractivity contribution in [2.45, 2.75) is 32.4 Å². The SMILES string of the molecule is Cc1csc(NC(=O)N(Cc2ccncc2)C2CC2)n1. The number of nitrogens with one attached hydrogen (secondary N) is 1. The Morgan fingerprint density at radius 3 is 2.80 bits per heavy atom. The highest BCUT2D eigenvalue weighted by Crippen LogP contribution is 2.29. The fraction of sp³-hybridized carbons (Fsp3) is 0.357. The Morgan fingerprint density at radius 2 is 2.20 bits per heavy atom. The van der Waals surface area contributed by atoms with E-state index in [4.69, 9.17) is 0 Å². The second-order valence-corrected chi connectivity index (χ2v) is 5.80. The van der Waals surface area contributed by atoms with Gasteiger partial charge in [-0.25, -0.2) is 9.78 Å². The first-order valence-corrected chi connectivity index (χ1v) is 7.49. The van der Waals surface area contributed by atoms with Crippen LogP contribution in [0, 0.1) is 6.92 Å². The number of hydrogen-bond acceptors (Lipinski definition) is 4. The predicted octanol–water partition coefficient (Wildman–Crippen LogP) is 3.04. The molecule has 1 saturated carbocycles. The lowest BCUT2D eigenvalue weighted by atomic mass is 10.2. The van der Waals surface area contributed by atoms with Crippen molar-refractivity contribution < 1.29 is 4.79 Å². The first-order valence-electron chi connectivity index (χ1n) is 6.61. The van der Waals surface area contributed by atoms with Crippen LogP contribution >= 0.6 is 11.3 Å². The monoisotopic (exact) mass is 288 g/mol. The molecule has 0 radical (unpaired) electrons. The maximum Gasteiger partial charge on any atom is 0.324 e. The number of rotatable bonds is 4. The molecule has 104 valence electrons. The number of hydrogen-bond donors (Lipinski definition) is 1. The summed E-state index contributed by atoms with van der Waals surface area (Å²) in [7, 11) is 0. The average Bonchev–Trinajstić information content (AvgIpc) is 3.21. The van der Waals surface area contributed by atoms with Crippen molar-refractivity contribution in [3.8, 4) is 0 Å². The Morgan fingerprint density at radius 1 is 1.45 bits per heavy atom. The summed E-state index contributed by atoms with van der Waals surface area (Å²) in [4.78, 5) is 22.5. The van der Waals surface area contributed by atoms with E-state index in [9.17, 15) is 4.79 Å². The fourth-order valence-corrected chi connectivity index (χ4v) is 2.69. The van der Waals surface area contributed by atoms with Crippen molar-refractivity contribution in [3.05, 3.63) is 41.2 Å². The summed E-state index contributed by atoms with van der Waals surface area (Å²) in [6.45, 7) is 2.53. The molecule has 1 aliphatic rings. The summed E-state index contributed by atoms with van der Waals surface area (Å²) in [5, 5.41) is 5.47. The average molecular weight is 288 g/mol. The summed E-state index contributed by atoms with van der Waals surface area (Å²) in [6.07, 6.45) is 5.66. The highest BCUT2D eigenvalue weighted by Gasteiger charge is 2.32. The molecule has 0 atom stereocenters. The predicted molar refractivity (Wildman–Crippen MR) is 78.7 cm³/mol. The number of aromatic nitrogens is 2. The quantitative estimate of drug-likeness (QED) is 0.940. The number of carbonyl (C=O) groups is 1. The first kappa shape index (κ1) is 13.1. The molecule has 2 heterocycles. The molecule has 5 nitrogen and oxygen atoms in total. The van der Waals surface area contributed by atoms with Gasteiger partial charge in [-0.3, -0.25) is 10.3 Å². The molecule has 0 unspecified atom stereocenters. The lowest BCUT2D eigenvalue weighted by Crippen LogP contribution is -2.36. The van der Waals surface area contributed by atoms with Gasteiger partial charge in [0.25, 0.3) is 0 Å². The zero-order chi connectivity index (χ0) is 13.9. The van der Waals surface area contributed by atoms with Crippen LogP contribution in [-0.4, -0.2) is 26.9 Å². The molecule has 0 aromatic carbocycles. The fourth-order valence-electron chi connectivity index (χ4n) is 2.01. The molecule has 0 saturated heterocycles. The number of aryl methyl sites for hydroxylation is 1. The second kappa shape index (κ2) is 5.58. The van der Waals surface area contributed by atoms with E-state index >= 15 is 0 Å². The zero-order valence-electron chi connectivity index (χ0n) is 11.2. The van der Waals surface area contributed by atoms with Gasteiger partial charge in [0.2, 0.25) is 0 Å². The maximum absolute atomic E-state index is 12.4. The van der Waals surface area contributed by atoms with Crippen LogP contribution in [0.4, 0.5) is 9.93 Å². The molecule has 6 heteroatoms. The van der Waals surface area contributed by atoms with Gasteiger partial charge in [0.05, 0.1) is 5.69 Å². The van der Waals surface area contributed by atoms with E-state index in [0.29, 0.717) is 17.7 Å².